The van der Waals surface area contributed by atoms with Crippen LogP contribution in [-0.4, -0.2) is 83.1 Å². The number of fused-ring (bicyclic) bond motifs is 1. The van der Waals surface area contributed by atoms with E-state index in [0.29, 0.717) is 12.6 Å². The van der Waals surface area contributed by atoms with E-state index in [9.17, 15) is 18.0 Å². The Morgan fingerprint density at radius 3 is 2.53 bits per heavy atom. The lowest BCUT2D eigenvalue weighted by molar-refractivity contribution is -0.192. The zero-order chi connectivity index (χ0) is 22.3. The quantitative estimate of drug-likeness (QED) is 0.662. The number of nitrogens with zero attached hydrogens (tertiary/aromatic N) is 4. The maximum atomic E-state index is 11.5. The summed E-state index contributed by atoms with van der Waals surface area (Å²) >= 11 is 0. The van der Waals surface area contributed by atoms with Crippen LogP contribution in [-0.2, 0) is 20.9 Å². The molecule has 1 amide bonds. The minimum absolute atomic E-state index is 0.0139. The standard InChI is InChI=1S/C17H28N4O2.C2HF3O2/c1-19(2)17(22)13-23-9-7-16-12-20(10-14-4-3-5-14)11-15-6-8-18-21(15)16;3-2(4,5)1(6)7/h6,8,14,16H,3-5,7,9-13H2,1-2H3;(H,6,7). The molecule has 0 bridgehead atoms. The van der Waals surface area contributed by atoms with Crippen molar-refractivity contribution < 1.29 is 32.6 Å². The van der Waals surface area contributed by atoms with Gasteiger partial charge in [-0.1, -0.05) is 6.42 Å². The lowest BCUT2D eigenvalue weighted by Gasteiger charge is -2.38. The number of amides is 1. The Kier molecular flexibility index (Phi) is 8.65. The highest BCUT2D eigenvalue weighted by Gasteiger charge is 2.38. The highest BCUT2D eigenvalue weighted by atomic mass is 19.4. The molecule has 1 aliphatic carbocycles. The first-order chi connectivity index (χ1) is 14.1. The summed E-state index contributed by atoms with van der Waals surface area (Å²) in [6.07, 6.45) is 1.88. The molecule has 2 heterocycles. The van der Waals surface area contributed by atoms with Crippen molar-refractivity contribution >= 4 is 11.9 Å². The van der Waals surface area contributed by atoms with Gasteiger partial charge in [0.2, 0.25) is 5.91 Å². The number of halogens is 3. The van der Waals surface area contributed by atoms with Crippen molar-refractivity contribution in [1.82, 2.24) is 19.6 Å². The average molecular weight is 434 g/mol. The highest BCUT2D eigenvalue weighted by Crippen LogP contribution is 2.30. The molecule has 0 aromatic carbocycles. The van der Waals surface area contributed by atoms with Crippen LogP contribution in [0.25, 0.3) is 0 Å². The van der Waals surface area contributed by atoms with E-state index >= 15 is 0 Å². The SMILES string of the molecule is CN(C)C(=O)COCCC1CN(CC2CCC2)Cc2ccnn21.O=C(O)C(F)(F)F. The van der Waals surface area contributed by atoms with Crippen LogP contribution in [0, 0.1) is 5.92 Å². The van der Waals surface area contributed by atoms with Crippen LogP contribution in [0.1, 0.15) is 37.4 Å². The summed E-state index contributed by atoms with van der Waals surface area (Å²) < 4.78 is 39.4. The van der Waals surface area contributed by atoms with Gasteiger partial charge in [-0.05, 0) is 31.2 Å². The van der Waals surface area contributed by atoms with Gasteiger partial charge in [-0.3, -0.25) is 14.4 Å². The molecule has 0 radical (unpaired) electrons. The van der Waals surface area contributed by atoms with E-state index in [2.05, 4.69) is 20.7 Å². The van der Waals surface area contributed by atoms with Gasteiger partial charge in [0, 0.05) is 46.5 Å². The zero-order valence-electron chi connectivity index (χ0n) is 17.3. The van der Waals surface area contributed by atoms with Gasteiger partial charge in [0.05, 0.1) is 11.7 Å². The largest absolute Gasteiger partial charge is 0.490 e. The van der Waals surface area contributed by atoms with Crippen molar-refractivity contribution in [3.8, 4) is 0 Å². The maximum absolute atomic E-state index is 11.5. The van der Waals surface area contributed by atoms with Gasteiger partial charge in [0.25, 0.3) is 0 Å². The van der Waals surface area contributed by atoms with E-state index in [0.717, 1.165) is 25.4 Å². The molecule has 1 atom stereocenters. The van der Waals surface area contributed by atoms with Crippen molar-refractivity contribution in [2.24, 2.45) is 5.92 Å². The van der Waals surface area contributed by atoms with Crippen LogP contribution in [0.5, 0.6) is 0 Å². The lowest BCUT2D eigenvalue weighted by Crippen LogP contribution is -2.41. The smallest absolute Gasteiger partial charge is 0.475 e. The fraction of sp³-hybridized carbons (Fsp3) is 0.737. The Morgan fingerprint density at radius 1 is 1.33 bits per heavy atom. The second-order valence-corrected chi connectivity index (χ2v) is 7.84. The van der Waals surface area contributed by atoms with E-state index < -0.39 is 12.1 Å². The Morgan fingerprint density at radius 2 is 2.00 bits per heavy atom. The van der Waals surface area contributed by atoms with Gasteiger partial charge in [0.15, 0.2) is 0 Å². The van der Waals surface area contributed by atoms with Crippen LogP contribution in [0.4, 0.5) is 13.2 Å². The summed E-state index contributed by atoms with van der Waals surface area (Å²) in [5, 5.41) is 11.6. The number of likely N-dealkylation sites (N-methyl/N-ethyl adjacent to an activating group) is 1. The number of rotatable bonds is 7. The topological polar surface area (TPSA) is 87.9 Å². The van der Waals surface area contributed by atoms with Crippen LogP contribution in [0.3, 0.4) is 0 Å². The second kappa shape index (κ2) is 10.8. The number of carbonyl (C=O) groups excluding carboxylic acids is 1. The Labute approximate surface area is 173 Å². The number of alkyl halides is 3. The van der Waals surface area contributed by atoms with Crippen molar-refractivity contribution in [2.75, 3.05) is 40.4 Å². The summed E-state index contributed by atoms with van der Waals surface area (Å²) in [6.45, 7) is 4.02. The summed E-state index contributed by atoms with van der Waals surface area (Å²) in [7, 11) is 3.50. The number of aromatic nitrogens is 2. The number of hydrogen-bond acceptors (Lipinski definition) is 5. The van der Waals surface area contributed by atoms with Crippen molar-refractivity contribution in [1.29, 1.82) is 0 Å². The molecule has 1 N–H and O–H groups in total. The number of ether oxygens (including phenoxy) is 1. The van der Waals surface area contributed by atoms with Gasteiger partial charge in [-0.25, -0.2) is 4.79 Å². The van der Waals surface area contributed by atoms with Gasteiger partial charge in [0.1, 0.15) is 6.61 Å². The van der Waals surface area contributed by atoms with Crippen molar-refractivity contribution in [3.05, 3.63) is 18.0 Å². The molecule has 0 spiro atoms. The molecule has 2 aliphatic rings. The molecule has 1 aromatic heterocycles. The van der Waals surface area contributed by atoms with E-state index in [1.807, 2.05) is 6.20 Å². The molecule has 3 rings (SSSR count). The van der Waals surface area contributed by atoms with Crippen molar-refractivity contribution in [2.45, 2.75) is 44.4 Å². The lowest BCUT2D eigenvalue weighted by atomic mass is 9.85. The van der Waals surface area contributed by atoms with Crippen LogP contribution in [0.2, 0.25) is 0 Å². The molecule has 1 aromatic rings. The van der Waals surface area contributed by atoms with Crippen molar-refractivity contribution in [3.63, 3.8) is 0 Å². The molecular formula is C19H29F3N4O4. The molecule has 170 valence electrons. The van der Waals surface area contributed by atoms with Crippen LogP contribution < -0.4 is 0 Å². The third kappa shape index (κ3) is 7.28. The first kappa shape index (κ1) is 24.1. The summed E-state index contributed by atoms with van der Waals surface area (Å²) in [6, 6.07) is 2.47. The van der Waals surface area contributed by atoms with E-state index in [1.54, 1.807) is 19.0 Å². The molecule has 30 heavy (non-hydrogen) atoms. The maximum Gasteiger partial charge on any atom is 0.490 e. The Bertz CT molecular complexity index is 704. The number of carboxylic acids is 1. The molecule has 11 heteroatoms. The molecule has 1 fully saturated rings. The number of aliphatic carboxylic acids is 1. The predicted octanol–water partition coefficient (Wildman–Crippen LogP) is 2.17. The molecule has 1 unspecified atom stereocenters. The molecule has 1 aliphatic heterocycles. The van der Waals surface area contributed by atoms with Gasteiger partial charge in [-0.15, -0.1) is 0 Å². The van der Waals surface area contributed by atoms with E-state index in [1.165, 1.54) is 31.5 Å². The number of carboxylic acid groups (broad SMARTS) is 1. The van der Waals surface area contributed by atoms with E-state index in [4.69, 9.17) is 14.6 Å². The van der Waals surface area contributed by atoms with Crippen LogP contribution >= 0.6 is 0 Å². The van der Waals surface area contributed by atoms with Gasteiger partial charge < -0.3 is 14.7 Å². The number of hydrogen-bond donors (Lipinski definition) is 1. The summed E-state index contributed by atoms with van der Waals surface area (Å²) in [4.78, 5) is 24.6. The van der Waals surface area contributed by atoms with Gasteiger partial charge in [-0.2, -0.15) is 18.3 Å². The minimum Gasteiger partial charge on any atom is -0.475 e. The first-order valence-corrected chi connectivity index (χ1v) is 9.90. The monoisotopic (exact) mass is 434 g/mol. The first-order valence-electron chi connectivity index (χ1n) is 9.90. The predicted molar refractivity (Wildman–Crippen MR) is 102 cm³/mol. The zero-order valence-corrected chi connectivity index (χ0v) is 17.3. The van der Waals surface area contributed by atoms with Gasteiger partial charge >= 0.3 is 12.1 Å². The minimum atomic E-state index is -5.08. The molecular weight excluding hydrogens is 405 g/mol. The Hall–Kier alpha value is -2.14. The van der Waals surface area contributed by atoms with Crippen LogP contribution in [0.15, 0.2) is 12.3 Å². The molecule has 1 saturated carbocycles. The summed E-state index contributed by atoms with van der Waals surface area (Å²) in [5.74, 6) is -1.85. The van der Waals surface area contributed by atoms with E-state index in [-0.39, 0.29) is 12.5 Å². The fourth-order valence-electron chi connectivity index (χ4n) is 3.37. The molecule has 8 nitrogen and oxygen atoms in total. The molecule has 0 saturated heterocycles. The second-order valence-electron chi connectivity index (χ2n) is 7.84. The Balaban J connectivity index is 0.000000396. The average Bonchev–Trinajstić information content (AvgIpc) is 3.09. The third-order valence-electron chi connectivity index (χ3n) is 5.26. The number of carbonyl (C=O) groups is 2. The third-order valence-corrected chi connectivity index (χ3v) is 5.26. The summed E-state index contributed by atoms with van der Waals surface area (Å²) in [5.41, 5.74) is 1.30. The normalized spacial score (nSPS) is 19.3. The fourth-order valence-corrected chi connectivity index (χ4v) is 3.37. The highest BCUT2D eigenvalue weighted by molar-refractivity contribution is 5.76.